The third-order valence-electron chi connectivity index (χ3n) is 7.75. The summed E-state index contributed by atoms with van der Waals surface area (Å²) in [5.41, 5.74) is 3.47. The van der Waals surface area contributed by atoms with Gasteiger partial charge in [0, 0.05) is 24.2 Å². The summed E-state index contributed by atoms with van der Waals surface area (Å²) in [5.74, 6) is -0.387. The average molecular weight is 552 g/mol. The van der Waals surface area contributed by atoms with Crippen LogP contribution in [0.1, 0.15) is 52.6 Å². The molecule has 9 nitrogen and oxygen atoms in total. The molecule has 0 saturated carbocycles. The van der Waals surface area contributed by atoms with E-state index < -0.39 is 11.6 Å². The van der Waals surface area contributed by atoms with Gasteiger partial charge in [0.05, 0.1) is 54.8 Å². The number of rotatable bonds is 9. The van der Waals surface area contributed by atoms with E-state index in [0.717, 1.165) is 67.6 Å². The van der Waals surface area contributed by atoms with Crippen LogP contribution in [0.3, 0.4) is 0 Å². The van der Waals surface area contributed by atoms with Crippen molar-refractivity contribution in [1.82, 2.24) is 24.4 Å². The second-order valence-corrected chi connectivity index (χ2v) is 10.3. The number of esters is 1. The van der Waals surface area contributed by atoms with Crippen molar-refractivity contribution in [3.05, 3.63) is 82.9 Å². The molecule has 6 rings (SSSR count). The average Bonchev–Trinajstić information content (AvgIpc) is 3.54. The van der Waals surface area contributed by atoms with E-state index in [1.807, 2.05) is 18.2 Å². The number of likely N-dealkylation sites (tertiary alicyclic amines) is 1. The molecule has 0 radical (unpaired) electrons. The summed E-state index contributed by atoms with van der Waals surface area (Å²) in [5, 5.41) is 4.54. The molecule has 1 atom stereocenters. The van der Waals surface area contributed by atoms with E-state index in [4.69, 9.17) is 19.3 Å². The fourth-order valence-corrected chi connectivity index (χ4v) is 5.35. The number of nitrogens with zero attached hydrogens (tertiary/aromatic N) is 5. The summed E-state index contributed by atoms with van der Waals surface area (Å²) in [6, 6.07) is 10.8. The zero-order valence-corrected chi connectivity index (χ0v) is 22.3. The van der Waals surface area contributed by atoms with E-state index in [1.165, 1.54) is 24.1 Å². The first-order valence-corrected chi connectivity index (χ1v) is 13.5. The maximum absolute atomic E-state index is 13.9. The van der Waals surface area contributed by atoms with Gasteiger partial charge in [-0.2, -0.15) is 0 Å². The first kappa shape index (κ1) is 26.4. The standard InChI is InChI=1S/C29H31F2N5O4/c1-38-29(37)20-3-5-26-27(14-20)35(16-23-9-13-39-23)28(32-26)17-34-10-6-19(7-11-34)25-8-12-36(33-25)40-18-21-2-4-22(30)15-24(21)31/h2-5,8,12,14-15,19,23H,6-7,9-11,13,16-18H2,1H3/t23-/m0/s1. The van der Waals surface area contributed by atoms with Crippen LogP contribution in [-0.2, 0) is 29.2 Å². The lowest BCUT2D eigenvalue weighted by atomic mass is 9.94. The quantitative estimate of drug-likeness (QED) is 0.290. The van der Waals surface area contributed by atoms with Crippen molar-refractivity contribution in [2.75, 3.05) is 26.8 Å². The van der Waals surface area contributed by atoms with E-state index in [2.05, 4.69) is 14.6 Å². The number of carbonyl (C=O) groups excluding carboxylic acids is 1. The van der Waals surface area contributed by atoms with E-state index in [0.29, 0.717) is 18.7 Å². The molecular weight excluding hydrogens is 520 g/mol. The number of hydrogen-bond donors (Lipinski definition) is 0. The molecule has 2 aliphatic heterocycles. The molecule has 0 aliphatic carbocycles. The molecular formula is C29H31F2N5O4. The number of carbonyl (C=O) groups is 1. The number of halogens is 2. The van der Waals surface area contributed by atoms with Gasteiger partial charge in [0.1, 0.15) is 24.1 Å². The number of imidazole rings is 1. The Morgan fingerprint density at radius 2 is 1.93 bits per heavy atom. The predicted molar refractivity (Wildman–Crippen MR) is 142 cm³/mol. The molecule has 0 unspecified atom stereocenters. The summed E-state index contributed by atoms with van der Waals surface area (Å²) in [6.45, 7) is 3.90. The van der Waals surface area contributed by atoms with E-state index in [-0.39, 0.29) is 30.2 Å². The molecule has 2 fully saturated rings. The SMILES string of the molecule is COC(=O)c1ccc2nc(CN3CCC(c4ccn(OCc5ccc(F)cc5F)n4)CC3)n(C[C@@H]3CCO3)c2c1. The Balaban J connectivity index is 1.09. The number of methoxy groups -OCH3 is 1. The summed E-state index contributed by atoms with van der Waals surface area (Å²) in [4.78, 5) is 26.4. The lowest BCUT2D eigenvalue weighted by molar-refractivity contribution is -0.0592. The molecule has 4 aromatic rings. The smallest absolute Gasteiger partial charge is 0.337 e. The number of ether oxygens (including phenoxy) is 2. The number of piperidine rings is 1. The fraction of sp³-hybridized carbons (Fsp3) is 0.414. The van der Waals surface area contributed by atoms with Gasteiger partial charge in [0.2, 0.25) is 0 Å². The first-order valence-electron chi connectivity index (χ1n) is 13.5. The number of fused-ring (bicyclic) bond motifs is 1. The first-order chi connectivity index (χ1) is 19.5. The molecule has 0 spiro atoms. The van der Waals surface area contributed by atoms with Crippen molar-refractivity contribution >= 4 is 17.0 Å². The van der Waals surface area contributed by atoms with Gasteiger partial charge in [-0.05, 0) is 68.8 Å². The highest BCUT2D eigenvalue weighted by molar-refractivity contribution is 5.93. The van der Waals surface area contributed by atoms with Crippen molar-refractivity contribution in [2.45, 2.75) is 51.0 Å². The molecule has 0 amide bonds. The van der Waals surface area contributed by atoms with Crippen molar-refractivity contribution < 1.29 is 27.9 Å². The fourth-order valence-electron chi connectivity index (χ4n) is 5.35. The Hall–Kier alpha value is -3.83. The summed E-state index contributed by atoms with van der Waals surface area (Å²) in [6.07, 6.45) is 4.75. The molecule has 2 aromatic heterocycles. The molecule has 2 aromatic carbocycles. The highest BCUT2D eigenvalue weighted by atomic mass is 19.1. The minimum atomic E-state index is -0.641. The summed E-state index contributed by atoms with van der Waals surface area (Å²) in [7, 11) is 1.38. The van der Waals surface area contributed by atoms with Crippen LogP contribution in [-0.4, -0.2) is 63.3 Å². The van der Waals surface area contributed by atoms with Crippen molar-refractivity contribution in [3.8, 4) is 0 Å². The zero-order valence-electron chi connectivity index (χ0n) is 22.3. The van der Waals surface area contributed by atoms with Crippen LogP contribution in [0.5, 0.6) is 0 Å². The predicted octanol–water partition coefficient (Wildman–Crippen LogP) is 4.09. The van der Waals surface area contributed by atoms with Gasteiger partial charge >= 0.3 is 5.97 Å². The second kappa shape index (κ2) is 11.3. The third-order valence-corrected chi connectivity index (χ3v) is 7.75. The van der Waals surface area contributed by atoms with Crippen LogP contribution in [0, 0.1) is 11.6 Å². The van der Waals surface area contributed by atoms with Gasteiger partial charge in [0.25, 0.3) is 0 Å². The Kier molecular flexibility index (Phi) is 7.48. The third kappa shape index (κ3) is 5.57. The molecule has 4 heterocycles. The van der Waals surface area contributed by atoms with E-state index in [9.17, 15) is 13.6 Å². The van der Waals surface area contributed by atoms with Crippen molar-refractivity contribution in [2.24, 2.45) is 0 Å². The maximum atomic E-state index is 13.9. The summed E-state index contributed by atoms with van der Waals surface area (Å²) >= 11 is 0. The van der Waals surface area contributed by atoms with E-state index >= 15 is 0 Å². The van der Waals surface area contributed by atoms with Gasteiger partial charge < -0.3 is 18.9 Å². The number of benzene rings is 2. The van der Waals surface area contributed by atoms with Gasteiger partial charge in [-0.25, -0.2) is 18.6 Å². The molecule has 210 valence electrons. The highest BCUT2D eigenvalue weighted by Gasteiger charge is 2.26. The minimum Gasteiger partial charge on any atom is -0.465 e. The van der Waals surface area contributed by atoms with Gasteiger partial charge in [-0.1, -0.05) is 0 Å². The Bertz CT molecular complexity index is 1510. The van der Waals surface area contributed by atoms with Crippen LogP contribution < -0.4 is 4.84 Å². The van der Waals surface area contributed by atoms with Gasteiger partial charge in [-0.15, -0.1) is 9.94 Å². The highest BCUT2D eigenvalue weighted by Crippen LogP contribution is 2.29. The normalized spacial score (nSPS) is 18.1. The molecule has 2 saturated heterocycles. The molecule has 11 heteroatoms. The van der Waals surface area contributed by atoms with Crippen LogP contribution >= 0.6 is 0 Å². The second-order valence-electron chi connectivity index (χ2n) is 10.3. The Morgan fingerprint density at radius 3 is 2.65 bits per heavy atom. The lowest BCUT2D eigenvalue weighted by Crippen LogP contribution is -2.35. The summed E-state index contributed by atoms with van der Waals surface area (Å²) < 4.78 is 39.8. The van der Waals surface area contributed by atoms with E-state index in [1.54, 1.807) is 12.3 Å². The monoisotopic (exact) mass is 551 g/mol. The number of hydrogen-bond acceptors (Lipinski definition) is 7. The maximum Gasteiger partial charge on any atom is 0.337 e. The van der Waals surface area contributed by atoms with Crippen LogP contribution in [0.4, 0.5) is 8.78 Å². The minimum absolute atomic E-state index is 0.0420. The van der Waals surface area contributed by atoms with Crippen LogP contribution in [0.15, 0.2) is 48.7 Å². The molecule has 40 heavy (non-hydrogen) atoms. The van der Waals surface area contributed by atoms with Gasteiger partial charge in [0.15, 0.2) is 0 Å². The van der Waals surface area contributed by atoms with Gasteiger partial charge in [-0.3, -0.25) is 4.90 Å². The Labute approximate surface area is 230 Å². The largest absolute Gasteiger partial charge is 0.465 e. The molecule has 0 bridgehead atoms. The molecule has 0 N–H and O–H groups in total. The Morgan fingerprint density at radius 1 is 1.10 bits per heavy atom. The molecule has 2 aliphatic rings. The zero-order chi connectivity index (χ0) is 27.6. The lowest BCUT2D eigenvalue weighted by Gasteiger charge is -2.32. The van der Waals surface area contributed by atoms with Crippen LogP contribution in [0.2, 0.25) is 0 Å². The van der Waals surface area contributed by atoms with Crippen LogP contribution in [0.25, 0.3) is 11.0 Å². The van der Waals surface area contributed by atoms with Crippen molar-refractivity contribution in [3.63, 3.8) is 0 Å². The topological polar surface area (TPSA) is 83.6 Å². The van der Waals surface area contributed by atoms with Crippen molar-refractivity contribution in [1.29, 1.82) is 0 Å². The number of aromatic nitrogens is 4.